The Morgan fingerprint density at radius 2 is 1.86 bits per heavy atom. The third-order valence-electron chi connectivity index (χ3n) is 2.29. The first-order valence-corrected chi connectivity index (χ1v) is 8.96. The first-order chi connectivity index (χ1) is 10.4. The number of oxime groups is 1. The molecule has 0 unspecified atom stereocenters. The molecule has 1 N–H and O–H groups in total. The summed E-state index contributed by atoms with van der Waals surface area (Å²) in [4.78, 5) is 15.9. The number of hydrogen-bond donors (Lipinski definition) is 1. The monoisotopic (exact) mass is 346 g/mol. The summed E-state index contributed by atoms with van der Waals surface area (Å²) in [5.74, 6) is 0.516. The van der Waals surface area contributed by atoms with Gasteiger partial charge in [-0.2, -0.15) is 0 Å². The number of nitrogens with zero attached hydrogens (tertiary/aromatic N) is 1. The van der Waals surface area contributed by atoms with Crippen LogP contribution >= 0.6 is 6.72 Å². The molecule has 122 valence electrons. The van der Waals surface area contributed by atoms with Crippen molar-refractivity contribution >= 4 is 30.8 Å². The topological polar surface area (TPSA) is 78.4 Å². The van der Waals surface area contributed by atoms with Crippen molar-refractivity contribution in [3.63, 3.8) is 0 Å². The number of hydrogen-bond acceptors (Lipinski definition) is 7. The Kier molecular flexibility index (Phi) is 7.47. The van der Waals surface area contributed by atoms with Crippen molar-refractivity contribution in [2.75, 3.05) is 14.2 Å². The van der Waals surface area contributed by atoms with Crippen LogP contribution in [0.1, 0.15) is 19.4 Å². The molecule has 0 aliphatic heterocycles. The van der Waals surface area contributed by atoms with Crippen molar-refractivity contribution in [2.24, 2.45) is 5.16 Å². The molecule has 0 atom stereocenters. The van der Waals surface area contributed by atoms with Gasteiger partial charge in [0.05, 0.1) is 6.21 Å². The minimum Gasteiger partial charge on any atom is -0.424 e. The van der Waals surface area contributed by atoms with Gasteiger partial charge in [-0.3, -0.25) is 4.84 Å². The van der Waals surface area contributed by atoms with Crippen LogP contribution in [0.3, 0.4) is 0 Å². The van der Waals surface area contributed by atoms with Crippen molar-refractivity contribution in [3.8, 4) is 5.75 Å². The molecule has 9 heteroatoms. The lowest BCUT2D eigenvalue weighted by Gasteiger charge is -2.18. The number of benzene rings is 1. The third kappa shape index (κ3) is 6.53. The molecular formula is C13H19N2O5PS. The predicted octanol–water partition coefficient (Wildman–Crippen LogP) is 3.05. The van der Waals surface area contributed by atoms with E-state index in [1.807, 2.05) is 13.8 Å². The maximum Gasteiger partial charge on any atom is 0.433 e. The molecule has 1 aromatic carbocycles. The Morgan fingerprint density at radius 3 is 2.36 bits per heavy atom. The summed E-state index contributed by atoms with van der Waals surface area (Å²) in [5, 5.41) is 6.14. The van der Waals surface area contributed by atoms with E-state index < -0.39 is 12.8 Å². The van der Waals surface area contributed by atoms with Crippen molar-refractivity contribution in [1.29, 1.82) is 0 Å². The Labute approximate surface area is 134 Å². The summed E-state index contributed by atoms with van der Waals surface area (Å²) in [6, 6.07) is 6.83. The first-order valence-electron chi connectivity index (χ1n) is 6.40. The van der Waals surface area contributed by atoms with E-state index in [2.05, 4.69) is 15.3 Å². The number of nitrogens with one attached hydrogen (secondary N) is 1. The number of carbonyl (C=O) groups is 1. The summed E-state index contributed by atoms with van der Waals surface area (Å²) in [6.45, 7) is 0.906. The summed E-state index contributed by atoms with van der Waals surface area (Å²) < 4.78 is 15.6. The zero-order chi connectivity index (χ0) is 16.6. The molecule has 0 aromatic heterocycles. The Hall–Kier alpha value is -1.47. The van der Waals surface area contributed by atoms with E-state index in [1.54, 1.807) is 24.3 Å². The largest absolute Gasteiger partial charge is 0.433 e. The van der Waals surface area contributed by atoms with E-state index in [9.17, 15) is 4.79 Å². The van der Waals surface area contributed by atoms with E-state index in [-0.39, 0.29) is 6.04 Å². The number of carbonyl (C=O) groups excluding carboxylic acids is 1. The van der Waals surface area contributed by atoms with Crippen molar-refractivity contribution in [1.82, 2.24) is 5.32 Å². The fourth-order valence-electron chi connectivity index (χ4n) is 1.29. The van der Waals surface area contributed by atoms with Gasteiger partial charge in [0.1, 0.15) is 5.75 Å². The molecule has 1 aromatic rings. The standard InChI is InChI=1S/C13H19N2O5PS/c1-10(2)15-13(16)19-14-9-11-5-7-12(8-6-11)20-21(22,17-3)18-4/h5-10H,1-4H3,(H,15,16)/b14-9+. The van der Waals surface area contributed by atoms with Gasteiger partial charge in [0, 0.05) is 32.1 Å². The van der Waals surface area contributed by atoms with Gasteiger partial charge < -0.3 is 18.9 Å². The molecule has 1 rings (SSSR count). The fraction of sp³-hybridized carbons (Fsp3) is 0.385. The van der Waals surface area contributed by atoms with Crippen LogP contribution < -0.4 is 9.84 Å². The first kappa shape index (κ1) is 18.6. The summed E-state index contributed by atoms with van der Waals surface area (Å²) in [5.41, 5.74) is 0.729. The van der Waals surface area contributed by atoms with Crippen LogP contribution in [0.2, 0.25) is 0 Å². The van der Waals surface area contributed by atoms with Crippen LogP contribution in [0.4, 0.5) is 4.79 Å². The molecule has 0 fully saturated rings. The summed E-state index contributed by atoms with van der Waals surface area (Å²) in [7, 11) is 2.87. The minimum absolute atomic E-state index is 0.0114. The molecule has 1 amide bonds. The fourth-order valence-corrected chi connectivity index (χ4v) is 2.23. The van der Waals surface area contributed by atoms with Gasteiger partial charge >= 0.3 is 12.8 Å². The van der Waals surface area contributed by atoms with Gasteiger partial charge in [-0.1, -0.05) is 5.16 Å². The van der Waals surface area contributed by atoms with Gasteiger partial charge in [0.25, 0.3) is 0 Å². The molecule has 0 radical (unpaired) electrons. The molecule has 7 nitrogen and oxygen atoms in total. The Bertz CT molecular complexity index is 554. The third-order valence-corrected chi connectivity index (χ3v) is 4.74. The lowest BCUT2D eigenvalue weighted by molar-refractivity contribution is 0.149. The zero-order valence-electron chi connectivity index (χ0n) is 12.8. The highest BCUT2D eigenvalue weighted by atomic mass is 32.5. The van der Waals surface area contributed by atoms with Crippen LogP contribution in [-0.4, -0.2) is 32.6 Å². The van der Waals surface area contributed by atoms with Crippen LogP contribution in [-0.2, 0) is 25.7 Å². The molecule has 0 heterocycles. The van der Waals surface area contributed by atoms with Crippen LogP contribution in [0.25, 0.3) is 0 Å². The highest BCUT2D eigenvalue weighted by Gasteiger charge is 2.17. The molecule has 22 heavy (non-hydrogen) atoms. The van der Waals surface area contributed by atoms with Crippen LogP contribution in [0, 0.1) is 0 Å². The van der Waals surface area contributed by atoms with Gasteiger partial charge in [-0.15, -0.1) is 0 Å². The minimum atomic E-state index is -2.74. The second-order valence-corrected chi connectivity index (χ2v) is 7.53. The second-order valence-electron chi connectivity index (χ2n) is 4.38. The molecule has 0 saturated carbocycles. The van der Waals surface area contributed by atoms with Crippen LogP contribution in [0.5, 0.6) is 5.75 Å². The number of rotatable bonds is 7. The highest BCUT2D eigenvalue weighted by molar-refractivity contribution is 8.07. The van der Waals surface area contributed by atoms with Crippen LogP contribution in [0.15, 0.2) is 29.4 Å². The summed E-state index contributed by atoms with van der Waals surface area (Å²) in [6.07, 6.45) is 0.805. The smallest absolute Gasteiger partial charge is 0.424 e. The quantitative estimate of drug-likeness (QED) is 0.354. The van der Waals surface area contributed by atoms with Gasteiger partial charge in [0.15, 0.2) is 0 Å². The lowest BCUT2D eigenvalue weighted by atomic mass is 10.2. The van der Waals surface area contributed by atoms with E-state index >= 15 is 0 Å². The van der Waals surface area contributed by atoms with E-state index in [1.165, 1.54) is 20.4 Å². The van der Waals surface area contributed by atoms with Crippen molar-refractivity contribution < 1.29 is 23.2 Å². The summed E-state index contributed by atoms with van der Waals surface area (Å²) >= 11 is 5.11. The molecule has 0 bridgehead atoms. The molecule has 0 aliphatic rings. The van der Waals surface area contributed by atoms with Crippen molar-refractivity contribution in [3.05, 3.63) is 29.8 Å². The Balaban J connectivity index is 2.58. The molecule has 0 saturated heterocycles. The van der Waals surface area contributed by atoms with Crippen molar-refractivity contribution in [2.45, 2.75) is 19.9 Å². The predicted molar refractivity (Wildman–Crippen MR) is 87.7 cm³/mol. The van der Waals surface area contributed by atoms with E-state index in [4.69, 9.17) is 25.4 Å². The zero-order valence-corrected chi connectivity index (χ0v) is 14.5. The maximum absolute atomic E-state index is 11.2. The highest BCUT2D eigenvalue weighted by Crippen LogP contribution is 2.48. The average Bonchev–Trinajstić information content (AvgIpc) is 2.48. The average molecular weight is 346 g/mol. The normalized spacial score (nSPS) is 11.7. The SMILES string of the molecule is COP(=S)(OC)Oc1ccc(/C=N/OC(=O)NC(C)C)cc1. The van der Waals surface area contributed by atoms with Gasteiger partial charge in [0.2, 0.25) is 0 Å². The maximum atomic E-state index is 11.2. The second kappa shape index (κ2) is 8.85. The number of amides is 1. The van der Waals surface area contributed by atoms with Gasteiger partial charge in [-0.05, 0) is 43.7 Å². The van der Waals surface area contributed by atoms with E-state index in [0.29, 0.717) is 5.75 Å². The molecule has 0 spiro atoms. The lowest BCUT2D eigenvalue weighted by Crippen LogP contribution is -2.29. The van der Waals surface area contributed by atoms with Gasteiger partial charge in [-0.25, -0.2) is 4.79 Å². The Morgan fingerprint density at radius 1 is 1.27 bits per heavy atom. The molecule has 0 aliphatic carbocycles. The molecular weight excluding hydrogens is 327 g/mol. The van der Waals surface area contributed by atoms with E-state index in [0.717, 1.165) is 5.56 Å².